The van der Waals surface area contributed by atoms with Crippen LogP contribution in [0.2, 0.25) is 0 Å². The zero-order valence-electron chi connectivity index (χ0n) is 18.2. The first kappa shape index (κ1) is 34.2. The highest BCUT2D eigenvalue weighted by molar-refractivity contribution is 7.43. The normalized spacial score (nSPS) is 9.19. The average Bonchev–Trinajstić information content (AvgIpc) is 2.65. The molecule has 0 heterocycles. The molecule has 0 amide bonds. The summed E-state index contributed by atoms with van der Waals surface area (Å²) >= 11 is 0. The van der Waals surface area contributed by atoms with E-state index >= 15 is 0 Å². The molecule has 0 radical (unpaired) electrons. The molecular formula is C18H28O12P2. The molecule has 0 aromatic heterocycles. The summed E-state index contributed by atoms with van der Waals surface area (Å²) in [6.07, 6.45) is 0. The highest BCUT2D eigenvalue weighted by Gasteiger charge is 2.28. The highest BCUT2D eigenvalue weighted by Crippen LogP contribution is 2.41. The van der Waals surface area contributed by atoms with Crippen LogP contribution in [0.25, 0.3) is 0 Å². The molecular weight excluding hydrogens is 470 g/mol. The van der Waals surface area contributed by atoms with E-state index in [9.17, 15) is 19.2 Å². The molecule has 182 valence electrons. The summed E-state index contributed by atoms with van der Waals surface area (Å²) in [7, 11) is -5.13. The number of hydrogen-bond donors (Lipinski definition) is 4. The quantitative estimate of drug-likeness (QED) is 0.206. The third kappa shape index (κ3) is 22.2. The molecule has 14 heteroatoms. The average molecular weight is 498 g/mol. The zero-order valence-corrected chi connectivity index (χ0v) is 20.0. The van der Waals surface area contributed by atoms with Crippen molar-refractivity contribution < 1.29 is 57.3 Å². The summed E-state index contributed by atoms with van der Waals surface area (Å²) in [6, 6.07) is 0. The van der Waals surface area contributed by atoms with E-state index in [2.05, 4.69) is 31.1 Å². The molecule has 0 atom stereocenters. The Morgan fingerprint density at radius 2 is 0.906 bits per heavy atom. The predicted octanol–water partition coefficient (Wildman–Crippen LogP) is 1.86. The maximum absolute atomic E-state index is 11.3. The van der Waals surface area contributed by atoms with Gasteiger partial charge in [-0.1, -0.05) is 26.3 Å². The van der Waals surface area contributed by atoms with Crippen LogP contribution in [0.15, 0.2) is 48.6 Å². The second-order valence-corrected chi connectivity index (χ2v) is 7.14. The molecule has 12 nitrogen and oxygen atoms in total. The second-order valence-electron chi connectivity index (χ2n) is 5.61. The van der Waals surface area contributed by atoms with Gasteiger partial charge in [-0.05, 0) is 27.7 Å². The van der Waals surface area contributed by atoms with Crippen molar-refractivity contribution >= 4 is 41.1 Å². The molecule has 0 aliphatic rings. The molecule has 0 unspecified atom stereocenters. The summed E-state index contributed by atoms with van der Waals surface area (Å²) in [6.45, 7) is 19.1. The Morgan fingerprint density at radius 3 is 1.09 bits per heavy atom. The van der Waals surface area contributed by atoms with E-state index in [4.69, 9.17) is 33.4 Å². The Bertz CT molecular complexity index is 645. The van der Waals surface area contributed by atoms with Crippen LogP contribution in [-0.4, -0.2) is 56.9 Å². The maximum Gasteiger partial charge on any atom is 0.537 e. The summed E-state index contributed by atoms with van der Waals surface area (Å²) in [4.78, 5) is 66.1. The first-order valence-corrected chi connectivity index (χ1v) is 10.6. The fourth-order valence-corrected chi connectivity index (χ4v) is 1.74. The smallest absolute Gasteiger partial charge is 0.460 e. The highest BCUT2D eigenvalue weighted by atomic mass is 31.2. The molecule has 0 aromatic rings. The number of hydrogen-bond acceptors (Lipinski definition) is 12. The summed E-state index contributed by atoms with van der Waals surface area (Å²) in [5, 5.41) is 8.19. The first-order valence-electron chi connectivity index (χ1n) is 8.30. The van der Waals surface area contributed by atoms with E-state index in [1.807, 2.05) is 0 Å². The Labute approximate surface area is 188 Å². The molecule has 0 saturated carbocycles. The molecule has 0 bridgehead atoms. The van der Waals surface area contributed by atoms with Crippen molar-refractivity contribution in [2.24, 2.45) is 0 Å². The van der Waals surface area contributed by atoms with Gasteiger partial charge < -0.3 is 38.1 Å². The Balaban J connectivity index is -0.000000533. The van der Waals surface area contributed by atoms with E-state index in [1.165, 1.54) is 20.8 Å². The van der Waals surface area contributed by atoms with E-state index in [0.717, 1.165) is 0 Å². The van der Waals surface area contributed by atoms with Crippen molar-refractivity contribution in [1.29, 1.82) is 0 Å². The first-order chi connectivity index (χ1) is 14.6. The summed E-state index contributed by atoms with van der Waals surface area (Å²) in [5.74, 6) is -2.97. The summed E-state index contributed by atoms with van der Waals surface area (Å²) in [5.41, 5.74) is 0.573. The SMILES string of the molecule is C=C(C)C(=O)OCCO.C=C(C)C(=O)OP(OC(=O)C(=C)C)OC(=O)C(=C)C.OP(O)O. The lowest BCUT2D eigenvalue weighted by Crippen LogP contribution is -2.11. The number of ether oxygens (including phenoxy) is 1. The van der Waals surface area contributed by atoms with E-state index in [-0.39, 0.29) is 29.9 Å². The van der Waals surface area contributed by atoms with Crippen molar-refractivity contribution in [1.82, 2.24) is 0 Å². The molecule has 0 rings (SSSR count). The van der Waals surface area contributed by atoms with Crippen LogP contribution in [0.3, 0.4) is 0 Å². The van der Waals surface area contributed by atoms with Gasteiger partial charge in [0.2, 0.25) is 0 Å². The van der Waals surface area contributed by atoms with Crippen LogP contribution in [0.4, 0.5) is 0 Å². The molecule has 0 saturated heterocycles. The topological polar surface area (TPSA) is 186 Å². The number of rotatable bonds is 9. The molecule has 4 N–H and O–H groups in total. The number of carbonyl (C=O) groups excluding carboxylic acids is 4. The molecule has 0 fully saturated rings. The molecule has 0 spiro atoms. The van der Waals surface area contributed by atoms with E-state index in [1.54, 1.807) is 6.92 Å². The van der Waals surface area contributed by atoms with Crippen molar-refractivity contribution in [3.63, 3.8) is 0 Å². The van der Waals surface area contributed by atoms with Crippen LogP contribution < -0.4 is 0 Å². The number of aliphatic hydroxyl groups is 1. The number of esters is 1. The fraction of sp³-hybridized carbons (Fsp3) is 0.333. The minimum absolute atomic E-state index is 0.0473. The minimum Gasteiger partial charge on any atom is -0.460 e. The van der Waals surface area contributed by atoms with Gasteiger partial charge in [-0.25, -0.2) is 19.2 Å². The van der Waals surface area contributed by atoms with E-state index < -0.39 is 41.1 Å². The van der Waals surface area contributed by atoms with Crippen LogP contribution in [-0.2, 0) is 37.5 Å². The lowest BCUT2D eigenvalue weighted by Gasteiger charge is -2.14. The third-order valence-corrected chi connectivity index (χ3v) is 3.14. The van der Waals surface area contributed by atoms with Crippen molar-refractivity contribution in [2.75, 3.05) is 13.2 Å². The Kier molecular flexibility index (Phi) is 20.5. The van der Waals surface area contributed by atoms with Crippen LogP contribution in [0, 0.1) is 0 Å². The number of aliphatic hydroxyl groups excluding tert-OH is 1. The molecule has 32 heavy (non-hydrogen) atoms. The molecule has 0 aliphatic heterocycles. The molecule has 0 aliphatic carbocycles. The molecule has 0 aromatic carbocycles. The minimum atomic E-state index is -2.62. The van der Waals surface area contributed by atoms with Gasteiger partial charge >= 0.3 is 41.1 Å². The number of carbonyl (C=O) groups is 4. The zero-order chi connectivity index (χ0) is 26.0. The lowest BCUT2D eigenvalue weighted by atomic mass is 10.4. The van der Waals surface area contributed by atoms with Gasteiger partial charge in [-0.2, -0.15) is 0 Å². The predicted molar refractivity (Wildman–Crippen MR) is 116 cm³/mol. The standard InChI is InChI=1S/C12H15O6P.C6H10O3.H3O3P/c1-7(2)10(13)16-19(17-11(14)8(3)4)18-12(15)9(5)6;1-5(2)6(8)9-4-3-7;1-4(2)3/h1,3,5H2,2,4,6H3;7H,1,3-4H2,2H3;1-3H. The Hall–Kier alpha value is -2.46. The lowest BCUT2D eigenvalue weighted by molar-refractivity contribution is -0.140. The largest absolute Gasteiger partial charge is 0.537 e. The van der Waals surface area contributed by atoms with Gasteiger partial charge in [0, 0.05) is 22.3 Å². The van der Waals surface area contributed by atoms with Gasteiger partial charge in [0.15, 0.2) is 0 Å². The van der Waals surface area contributed by atoms with Crippen molar-refractivity contribution in [2.45, 2.75) is 27.7 Å². The van der Waals surface area contributed by atoms with E-state index in [0.29, 0.717) is 5.57 Å². The maximum atomic E-state index is 11.3. The van der Waals surface area contributed by atoms with Crippen molar-refractivity contribution in [3.05, 3.63) is 48.6 Å². The van der Waals surface area contributed by atoms with Crippen LogP contribution in [0.1, 0.15) is 27.7 Å². The van der Waals surface area contributed by atoms with Gasteiger partial charge in [-0.15, -0.1) is 0 Å². The van der Waals surface area contributed by atoms with Gasteiger partial charge in [0.1, 0.15) is 6.61 Å². The van der Waals surface area contributed by atoms with Crippen LogP contribution >= 0.6 is 17.2 Å². The van der Waals surface area contributed by atoms with Gasteiger partial charge in [0.25, 0.3) is 0 Å². The monoisotopic (exact) mass is 498 g/mol. The van der Waals surface area contributed by atoms with Gasteiger partial charge in [0.05, 0.1) is 6.61 Å². The van der Waals surface area contributed by atoms with Gasteiger partial charge in [-0.3, -0.25) is 0 Å². The van der Waals surface area contributed by atoms with Crippen molar-refractivity contribution in [3.8, 4) is 0 Å². The van der Waals surface area contributed by atoms with Crippen LogP contribution in [0.5, 0.6) is 0 Å². The second kappa shape index (κ2) is 19.2. The fourth-order valence-electron chi connectivity index (χ4n) is 0.754. The summed E-state index contributed by atoms with van der Waals surface area (Å²) < 4.78 is 18.6. The third-order valence-electron chi connectivity index (χ3n) is 2.19. The Morgan fingerprint density at radius 1 is 0.656 bits per heavy atom.